The zero-order valence-electron chi connectivity index (χ0n) is 15.8. The molecule has 27 heavy (non-hydrogen) atoms. The molecule has 0 saturated heterocycles. The molecule has 144 valence electrons. The molecule has 0 aliphatic rings. The third-order valence-electron chi connectivity index (χ3n) is 4.00. The summed E-state index contributed by atoms with van der Waals surface area (Å²) in [5.41, 5.74) is 4.35. The number of benzene rings is 2. The summed E-state index contributed by atoms with van der Waals surface area (Å²) in [6.07, 6.45) is 0. The molecule has 0 aromatic heterocycles. The molecule has 2 aromatic rings. The second-order valence-electron chi connectivity index (χ2n) is 6.64. The highest BCUT2D eigenvalue weighted by Gasteiger charge is 2.15. The number of para-hydroxylation sites is 1. The zero-order chi connectivity index (χ0) is 20.1. The van der Waals surface area contributed by atoms with Crippen molar-refractivity contribution < 1.29 is 9.59 Å². The number of rotatable bonds is 6. The van der Waals surface area contributed by atoms with E-state index in [0.29, 0.717) is 15.7 Å². The summed E-state index contributed by atoms with van der Waals surface area (Å²) in [4.78, 5) is 26.2. The van der Waals surface area contributed by atoms with Gasteiger partial charge in [-0.1, -0.05) is 47.0 Å². The lowest BCUT2D eigenvalue weighted by atomic mass is 10.1. The van der Waals surface area contributed by atoms with Crippen LogP contribution >= 0.6 is 23.2 Å². The third-order valence-corrected chi connectivity index (χ3v) is 4.63. The van der Waals surface area contributed by atoms with Gasteiger partial charge in [-0.25, -0.2) is 0 Å². The fourth-order valence-corrected chi connectivity index (χ4v) is 3.39. The van der Waals surface area contributed by atoms with Crippen LogP contribution in [0.4, 0.5) is 11.4 Å². The second-order valence-corrected chi connectivity index (χ2v) is 7.45. The monoisotopic (exact) mass is 407 g/mol. The molecule has 0 saturated carbocycles. The minimum atomic E-state index is -0.303. The first-order chi connectivity index (χ1) is 12.7. The fourth-order valence-electron chi connectivity index (χ4n) is 2.90. The van der Waals surface area contributed by atoms with Crippen LogP contribution < -0.4 is 10.6 Å². The van der Waals surface area contributed by atoms with E-state index in [4.69, 9.17) is 23.2 Å². The fraction of sp³-hybridized carbons (Fsp3) is 0.300. The van der Waals surface area contributed by atoms with E-state index in [1.807, 2.05) is 32.9 Å². The maximum atomic E-state index is 12.3. The van der Waals surface area contributed by atoms with Crippen LogP contribution in [0.15, 0.2) is 30.3 Å². The van der Waals surface area contributed by atoms with Crippen LogP contribution in [0.25, 0.3) is 0 Å². The molecule has 0 bridgehead atoms. The first-order valence-corrected chi connectivity index (χ1v) is 9.23. The summed E-state index contributed by atoms with van der Waals surface area (Å²) >= 11 is 12.1. The molecule has 0 radical (unpaired) electrons. The molecule has 7 heteroatoms. The van der Waals surface area contributed by atoms with Gasteiger partial charge in [-0.15, -0.1) is 0 Å². The number of nitrogens with one attached hydrogen (secondary N) is 2. The van der Waals surface area contributed by atoms with Crippen LogP contribution in [0.3, 0.4) is 0 Å². The highest BCUT2D eigenvalue weighted by Crippen LogP contribution is 2.29. The molecule has 0 spiro atoms. The van der Waals surface area contributed by atoms with Crippen molar-refractivity contribution in [2.45, 2.75) is 20.8 Å². The normalized spacial score (nSPS) is 10.8. The lowest BCUT2D eigenvalue weighted by Gasteiger charge is -2.18. The summed E-state index contributed by atoms with van der Waals surface area (Å²) in [6, 6.07) is 9.03. The SMILES string of the molecule is Cc1cc(C)c(NC(=O)CN(C)CC(=O)Nc2c(Cl)cccc2Cl)c(C)c1. The van der Waals surface area contributed by atoms with Crippen LogP contribution in [0.5, 0.6) is 0 Å². The van der Waals surface area contributed by atoms with E-state index in [1.54, 1.807) is 30.1 Å². The Balaban J connectivity index is 1.92. The predicted molar refractivity (Wildman–Crippen MR) is 112 cm³/mol. The molecule has 2 N–H and O–H groups in total. The Morgan fingerprint density at radius 1 is 0.889 bits per heavy atom. The van der Waals surface area contributed by atoms with Gasteiger partial charge in [-0.2, -0.15) is 0 Å². The Morgan fingerprint density at radius 2 is 1.33 bits per heavy atom. The van der Waals surface area contributed by atoms with Gasteiger partial charge in [-0.3, -0.25) is 14.5 Å². The average molecular weight is 408 g/mol. The standard InChI is InChI=1S/C20H23Cl2N3O2/c1-12-8-13(2)19(14(3)9-12)23-17(26)10-25(4)11-18(27)24-20-15(21)6-5-7-16(20)22/h5-9H,10-11H2,1-4H3,(H,23,26)(H,24,27). The predicted octanol–water partition coefficient (Wildman–Crippen LogP) is 4.43. The Kier molecular flexibility index (Phi) is 7.25. The van der Waals surface area contributed by atoms with Gasteiger partial charge in [0.05, 0.1) is 28.8 Å². The van der Waals surface area contributed by atoms with Crippen molar-refractivity contribution in [2.75, 3.05) is 30.8 Å². The van der Waals surface area contributed by atoms with Crippen LogP contribution in [0.2, 0.25) is 10.0 Å². The smallest absolute Gasteiger partial charge is 0.238 e. The summed E-state index contributed by atoms with van der Waals surface area (Å²) in [7, 11) is 1.70. The van der Waals surface area contributed by atoms with Gasteiger partial charge >= 0.3 is 0 Å². The van der Waals surface area contributed by atoms with E-state index in [-0.39, 0.29) is 24.9 Å². The number of carbonyl (C=O) groups excluding carboxylic acids is 2. The molecular weight excluding hydrogens is 385 g/mol. The van der Waals surface area contributed by atoms with Gasteiger partial charge in [0.2, 0.25) is 11.8 Å². The van der Waals surface area contributed by atoms with Crippen molar-refractivity contribution >= 4 is 46.4 Å². The summed E-state index contributed by atoms with van der Waals surface area (Å²) in [5.74, 6) is -0.487. The summed E-state index contributed by atoms with van der Waals surface area (Å²) in [5, 5.41) is 6.33. The lowest BCUT2D eigenvalue weighted by molar-refractivity contribution is -0.119. The van der Waals surface area contributed by atoms with E-state index in [1.165, 1.54) is 0 Å². The number of anilines is 2. The largest absolute Gasteiger partial charge is 0.324 e. The molecule has 0 heterocycles. The van der Waals surface area contributed by atoms with Crippen LogP contribution in [-0.4, -0.2) is 36.9 Å². The number of carbonyl (C=O) groups is 2. The molecule has 2 rings (SSSR count). The lowest BCUT2D eigenvalue weighted by Crippen LogP contribution is -2.36. The van der Waals surface area contributed by atoms with Crippen LogP contribution in [-0.2, 0) is 9.59 Å². The number of aryl methyl sites for hydroxylation is 3. The molecule has 0 atom stereocenters. The molecule has 5 nitrogen and oxygen atoms in total. The van der Waals surface area contributed by atoms with Gasteiger partial charge in [-0.05, 0) is 51.1 Å². The van der Waals surface area contributed by atoms with E-state index in [9.17, 15) is 9.59 Å². The number of hydrogen-bond acceptors (Lipinski definition) is 3. The first kappa shape index (κ1) is 21.2. The van der Waals surface area contributed by atoms with E-state index in [0.717, 1.165) is 22.4 Å². The Morgan fingerprint density at radius 3 is 1.81 bits per heavy atom. The van der Waals surface area contributed by atoms with Crippen molar-refractivity contribution in [3.8, 4) is 0 Å². The molecule has 0 unspecified atom stereocenters. The quantitative estimate of drug-likeness (QED) is 0.744. The van der Waals surface area contributed by atoms with Crippen molar-refractivity contribution in [1.82, 2.24) is 4.90 Å². The van der Waals surface area contributed by atoms with Crippen LogP contribution in [0.1, 0.15) is 16.7 Å². The van der Waals surface area contributed by atoms with Gasteiger partial charge in [0.1, 0.15) is 0 Å². The number of halogens is 2. The number of nitrogens with zero attached hydrogens (tertiary/aromatic N) is 1. The molecular formula is C20H23Cl2N3O2. The van der Waals surface area contributed by atoms with Gasteiger partial charge in [0, 0.05) is 5.69 Å². The van der Waals surface area contributed by atoms with Crippen molar-refractivity contribution in [2.24, 2.45) is 0 Å². The zero-order valence-corrected chi connectivity index (χ0v) is 17.3. The van der Waals surface area contributed by atoms with Crippen LogP contribution in [0, 0.1) is 20.8 Å². The van der Waals surface area contributed by atoms with Gasteiger partial charge < -0.3 is 10.6 Å². The number of amides is 2. The molecule has 0 aliphatic heterocycles. The Bertz CT molecular complexity index is 825. The highest BCUT2D eigenvalue weighted by atomic mass is 35.5. The molecule has 2 aromatic carbocycles. The molecule has 2 amide bonds. The maximum absolute atomic E-state index is 12.3. The van der Waals surface area contributed by atoms with Crippen molar-refractivity contribution in [3.63, 3.8) is 0 Å². The second kappa shape index (κ2) is 9.22. The summed E-state index contributed by atoms with van der Waals surface area (Å²) < 4.78 is 0. The number of hydrogen-bond donors (Lipinski definition) is 2. The van der Waals surface area contributed by atoms with Crippen molar-refractivity contribution in [1.29, 1.82) is 0 Å². The topological polar surface area (TPSA) is 61.4 Å². The van der Waals surface area contributed by atoms with E-state index >= 15 is 0 Å². The van der Waals surface area contributed by atoms with E-state index < -0.39 is 0 Å². The first-order valence-electron chi connectivity index (χ1n) is 8.47. The average Bonchev–Trinajstić information content (AvgIpc) is 2.54. The minimum absolute atomic E-state index is 0.0286. The van der Waals surface area contributed by atoms with E-state index in [2.05, 4.69) is 10.6 Å². The van der Waals surface area contributed by atoms with Gasteiger partial charge in [0.25, 0.3) is 0 Å². The maximum Gasteiger partial charge on any atom is 0.238 e. The third kappa shape index (κ3) is 5.96. The molecule has 0 aliphatic carbocycles. The highest BCUT2D eigenvalue weighted by molar-refractivity contribution is 6.39. The number of likely N-dealkylation sites (N-methyl/N-ethyl adjacent to an activating group) is 1. The van der Waals surface area contributed by atoms with Crippen molar-refractivity contribution in [3.05, 3.63) is 57.1 Å². The summed E-state index contributed by atoms with van der Waals surface area (Å²) in [6.45, 7) is 6.04. The Hall–Kier alpha value is -2.08. The molecule has 0 fully saturated rings. The minimum Gasteiger partial charge on any atom is -0.324 e. The Labute approximate surface area is 169 Å². The van der Waals surface area contributed by atoms with Gasteiger partial charge in [0.15, 0.2) is 0 Å².